The number of nitrogens with one attached hydrogen (secondary N) is 1. The smallest absolute Gasteiger partial charge is 0.360 e. The molecule has 0 unspecified atom stereocenters. The Morgan fingerprint density at radius 2 is 2.26 bits per heavy atom. The number of esters is 1. The van der Waals surface area contributed by atoms with Gasteiger partial charge in [-0.05, 0) is 13.0 Å². The van der Waals surface area contributed by atoms with Gasteiger partial charge in [-0.15, -0.1) is 0 Å². The maximum atomic E-state index is 11.6. The summed E-state index contributed by atoms with van der Waals surface area (Å²) in [6, 6.07) is 1.96. The van der Waals surface area contributed by atoms with Crippen LogP contribution in [0.1, 0.15) is 28.1 Å². The van der Waals surface area contributed by atoms with Gasteiger partial charge in [0, 0.05) is 19.3 Å². The molecule has 0 spiro atoms. The van der Waals surface area contributed by atoms with Gasteiger partial charge in [-0.25, -0.2) is 19.7 Å². The molecule has 4 rings (SSSR count). The summed E-state index contributed by atoms with van der Waals surface area (Å²) in [4.78, 5) is 29.6. The molecule has 8 heteroatoms. The van der Waals surface area contributed by atoms with Gasteiger partial charge in [0.1, 0.15) is 23.6 Å². The van der Waals surface area contributed by atoms with Crippen LogP contribution in [0.25, 0.3) is 11.0 Å². The van der Waals surface area contributed by atoms with Crippen molar-refractivity contribution in [2.45, 2.75) is 12.8 Å². The summed E-state index contributed by atoms with van der Waals surface area (Å²) < 4.78 is 10.3. The van der Waals surface area contributed by atoms with Crippen LogP contribution in [0.5, 0.6) is 0 Å². The number of aryl methyl sites for hydroxylation is 1. The monoisotopic (exact) mass is 313 g/mol. The second-order valence-electron chi connectivity index (χ2n) is 5.49. The van der Waals surface area contributed by atoms with Gasteiger partial charge < -0.3 is 19.0 Å². The summed E-state index contributed by atoms with van der Waals surface area (Å²) >= 11 is 0. The van der Waals surface area contributed by atoms with E-state index in [9.17, 15) is 4.79 Å². The highest BCUT2D eigenvalue weighted by Gasteiger charge is 2.35. The van der Waals surface area contributed by atoms with Crippen molar-refractivity contribution in [2.24, 2.45) is 0 Å². The van der Waals surface area contributed by atoms with Crippen molar-refractivity contribution in [3.05, 3.63) is 35.9 Å². The molecule has 0 aliphatic carbocycles. The van der Waals surface area contributed by atoms with Crippen LogP contribution >= 0.6 is 0 Å². The van der Waals surface area contributed by atoms with Crippen LogP contribution in [0.15, 0.2) is 23.0 Å². The highest BCUT2D eigenvalue weighted by Crippen LogP contribution is 2.33. The largest absolute Gasteiger partial charge is 0.464 e. The van der Waals surface area contributed by atoms with E-state index in [0.29, 0.717) is 11.7 Å². The Morgan fingerprint density at radius 3 is 3.04 bits per heavy atom. The fraction of sp³-hybridized carbons (Fsp3) is 0.333. The van der Waals surface area contributed by atoms with Gasteiger partial charge in [-0.1, -0.05) is 0 Å². The van der Waals surface area contributed by atoms with E-state index < -0.39 is 5.97 Å². The number of H-pyrrole nitrogens is 1. The first kappa shape index (κ1) is 13.7. The zero-order valence-electron chi connectivity index (χ0n) is 12.7. The SMILES string of the molecule is COC(=O)c1nc(C2CN(c3ncnc4[nH]ccc34)C2)oc1C. The lowest BCUT2D eigenvalue weighted by molar-refractivity contribution is 0.0593. The minimum Gasteiger partial charge on any atom is -0.464 e. The third-order valence-electron chi connectivity index (χ3n) is 4.06. The van der Waals surface area contributed by atoms with E-state index in [2.05, 4.69) is 24.8 Å². The Bertz CT molecular complexity index is 878. The lowest BCUT2D eigenvalue weighted by Gasteiger charge is -2.38. The van der Waals surface area contributed by atoms with E-state index in [4.69, 9.17) is 9.15 Å². The number of methoxy groups -OCH3 is 1. The van der Waals surface area contributed by atoms with Crippen molar-refractivity contribution >= 4 is 22.8 Å². The lowest BCUT2D eigenvalue weighted by Crippen LogP contribution is -2.45. The highest BCUT2D eigenvalue weighted by atomic mass is 16.5. The molecule has 1 N–H and O–H groups in total. The number of anilines is 1. The average molecular weight is 313 g/mol. The number of carbonyl (C=O) groups is 1. The minimum atomic E-state index is -0.474. The first-order valence-electron chi connectivity index (χ1n) is 7.26. The Balaban J connectivity index is 1.54. The average Bonchev–Trinajstić information content (AvgIpc) is 3.12. The van der Waals surface area contributed by atoms with E-state index in [1.165, 1.54) is 7.11 Å². The topological polar surface area (TPSA) is 97.1 Å². The molecular weight excluding hydrogens is 298 g/mol. The van der Waals surface area contributed by atoms with Crippen LogP contribution in [-0.4, -0.2) is 46.1 Å². The second kappa shape index (κ2) is 5.08. The number of oxazole rings is 1. The van der Waals surface area contributed by atoms with Crippen LogP contribution in [0.4, 0.5) is 5.82 Å². The van der Waals surface area contributed by atoms with Crippen LogP contribution in [0, 0.1) is 6.92 Å². The predicted molar refractivity (Wildman–Crippen MR) is 81.4 cm³/mol. The number of fused-ring (bicyclic) bond motifs is 1. The van der Waals surface area contributed by atoms with Crippen molar-refractivity contribution in [2.75, 3.05) is 25.1 Å². The zero-order chi connectivity index (χ0) is 16.0. The van der Waals surface area contributed by atoms with Crippen molar-refractivity contribution in [3.63, 3.8) is 0 Å². The van der Waals surface area contributed by atoms with Crippen molar-refractivity contribution < 1.29 is 13.9 Å². The normalized spacial score (nSPS) is 15.0. The summed E-state index contributed by atoms with van der Waals surface area (Å²) in [5.74, 6) is 1.61. The molecule has 4 heterocycles. The molecule has 0 aromatic carbocycles. The Labute approximate surface area is 131 Å². The minimum absolute atomic E-state index is 0.135. The summed E-state index contributed by atoms with van der Waals surface area (Å²) in [7, 11) is 1.33. The van der Waals surface area contributed by atoms with Gasteiger partial charge in [0.15, 0.2) is 5.69 Å². The number of hydrogen-bond donors (Lipinski definition) is 1. The number of nitrogens with zero attached hydrogens (tertiary/aromatic N) is 4. The standard InChI is InChI=1S/C15H15N5O3/c1-8-11(15(21)22-2)19-14(23-8)9-5-20(6-9)13-10-3-4-16-12(10)17-7-18-13/h3-4,7,9H,5-6H2,1-2H3,(H,16,17,18). The molecule has 0 bridgehead atoms. The van der Waals surface area contributed by atoms with Crippen LogP contribution in [0.2, 0.25) is 0 Å². The van der Waals surface area contributed by atoms with E-state index in [1.54, 1.807) is 13.3 Å². The fourth-order valence-electron chi connectivity index (χ4n) is 2.80. The molecule has 1 aliphatic heterocycles. The first-order valence-corrected chi connectivity index (χ1v) is 7.26. The van der Waals surface area contributed by atoms with Crippen LogP contribution in [0.3, 0.4) is 0 Å². The van der Waals surface area contributed by atoms with Crippen LogP contribution in [-0.2, 0) is 4.74 Å². The molecule has 8 nitrogen and oxygen atoms in total. The van der Waals surface area contributed by atoms with Crippen LogP contribution < -0.4 is 4.90 Å². The van der Waals surface area contributed by atoms with Gasteiger partial charge >= 0.3 is 5.97 Å². The molecule has 0 amide bonds. The molecular formula is C15H15N5O3. The maximum Gasteiger partial charge on any atom is 0.360 e. The van der Waals surface area contributed by atoms with Gasteiger partial charge in [0.05, 0.1) is 18.4 Å². The zero-order valence-corrected chi connectivity index (χ0v) is 12.7. The molecule has 3 aromatic rings. The number of hydrogen-bond acceptors (Lipinski definition) is 7. The molecule has 0 saturated carbocycles. The van der Waals surface area contributed by atoms with Gasteiger partial charge in [0.2, 0.25) is 5.89 Å². The van der Waals surface area contributed by atoms with E-state index >= 15 is 0 Å². The molecule has 0 radical (unpaired) electrons. The second-order valence-corrected chi connectivity index (χ2v) is 5.49. The molecule has 3 aromatic heterocycles. The third kappa shape index (κ3) is 2.14. The van der Waals surface area contributed by atoms with Crippen molar-refractivity contribution in [1.82, 2.24) is 19.9 Å². The van der Waals surface area contributed by atoms with Gasteiger partial charge in [-0.2, -0.15) is 0 Å². The molecule has 0 atom stereocenters. The number of ether oxygens (including phenoxy) is 1. The lowest BCUT2D eigenvalue weighted by atomic mass is 10.00. The summed E-state index contributed by atoms with van der Waals surface area (Å²) in [5, 5.41) is 0.991. The number of aromatic nitrogens is 4. The van der Waals surface area contributed by atoms with Gasteiger partial charge in [-0.3, -0.25) is 0 Å². The fourth-order valence-corrected chi connectivity index (χ4v) is 2.80. The Kier molecular flexibility index (Phi) is 3.03. The van der Waals surface area contributed by atoms with E-state index in [1.807, 2.05) is 12.3 Å². The highest BCUT2D eigenvalue weighted by molar-refractivity contribution is 5.88. The predicted octanol–water partition coefficient (Wildman–Crippen LogP) is 1.64. The van der Waals surface area contributed by atoms with E-state index in [-0.39, 0.29) is 11.6 Å². The Hall–Kier alpha value is -2.90. The quantitative estimate of drug-likeness (QED) is 0.734. The number of rotatable bonds is 3. The van der Waals surface area contributed by atoms with Crippen molar-refractivity contribution in [3.8, 4) is 0 Å². The number of aromatic amines is 1. The maximum absolute atomic E-state index is 11.6. The Morgan fingerprint density at radius 1 is 1.43 bits per heavy atom. The summed E-state index contributed by atoms with van der Waals surface area (Å²) in [5.41, 5.74) is 1.06. The third-order valence-corrected chi connectivity index (χ3v) is 4.06. The van der Waals surface area contributed by atoms with Gasteiger partial charge in [0.25, 0.3) is 0 Å². The molecule has 1 fully saturated rings. The van der Waals surface area contributed by atoms with E-state index in [0.717, 1.165) is 29.9 Å². The molecule has 1 aliphatic rings. The number of carbonyl (C=O) groups excluding carboxylic acids is 1. The summed E-state index contributed by atoms with van der Waals surface area (Å²) in [6.07, 6.45) is 3.40. The molecule has 118 valence electrons. The van der Waals surface area contributed by atoms with Crippen molar-refractivity contribution in [1.29, 1.82) is 0 Å². The molecule has 1 saturated heterocycles. The molecule has 23 heavy (non-hydrogen) atoms. The summed E-state index contributed by atoms with van der Waals surface area (Å²) in [6.45, 7) is 3.18. The first-order chi connectivity index (χ1) is 11.2.